The van der Waals surface area contributed by atoms with E-state index in [4.69, 9.17) is 9.47 Å². The molecule has 1 aliphatic rings. The molecular formula is C82H155NO8. The van der Waals surface area contributed by atoms with Gasteiger partial charge >= 0.3 is 0 Å². The number of nitrogens with one attached hydrogen (secondary N) is 1. The number of aliphatic hydroxyl groups is 5. The van der Waals surface area contributed by atoms with Gasteiger partial charge in [-0.1, -0.05) is 396 Å². The molecular weight excluding hydrogens is 1130 g/mol. The first-order chi connectivity index (χ1) is 44.8. The van der Waals surface area contributed by atoms with Gasteiger partial charge in [-0.25, -0.2) is 0 Å². The Hall–Kier alpha value is -1.85. The lowest BCUT2D eigenvalue weighted by atomic mass is 9.99. The van der Waals surface area contributed by atoms with Crippen molar-refractivity contribution in [3.05, 3.63) is 48.6 Å². The Bertz CT molecular complexity index is 1580. The van der Waals surface area contributed by atoms with Crippen molar-refractivity contribution in [1.29, 1.82) is 0 Å². The average Bonchev–Trinajstić information content (AvgIpc) is 1.58. The van der Waals surface area contributed by atoms with Crippen LogP contribution in [0.15, 0.2) is 48.6 Å². The second kappa shape index (κ2) is 70.9. The van der Waals surface area contributed by atoms with Crippen molar-refractivity contribution in [3.8, 4) is 0 Å². The van der Waals surface area contributed by atoms with E-state index < -0.39 is 49.5 Å². The van der Waals surface area contributed by atoms with E-state index in [0.29, 0.717) is 6.42 Å². The predicted octanol–water partition coefficient (Wildman–Crippen LogP) is 23.1. The van der Waals surface area contributed by atoms with Crippen LogP contribution in [0.5, 0.6) is 0 Å². The van der Waals surface area contributed by atoms with E-state index in [0.717, 1.165) is 51.4 Å². The lowest BCUT2D eigenvalue weighted by Gasteiger charge is -2.40. The maximum Gasteiger partial charge on any atom is 0.220 e. The lowest BCUT2D eigenvalue weighted by molar-refractivity contribution is -0.302. The van der Waals surface area contributed by atoms with Gasteiger partial charge < -0.3 is 40.3 Å². The van der Waals surface area contributed by atoms with Crippen molar-refractivity contribution in [2.75, 3.05) is 13.2 Å². The van der Waals surface area contributed by atoms with Crippen LogP contribution in [-0.4, -0.2) is 87.5 Å². The zero-order chi connectivity index (χ0) is 65.7. The highest BCUT2D eigenvalue weighted by Gasteiger charge is 2.44. The fraction of sp³-hybridized carbons (Fsp3) is 0.890. The van der Waals surface area contributed by atoms with E-state index in [1.54, 1.807) is 6.08 Å². The molecule has 1 amide bonds. The number of hydrogen-bond donors (Lipinski definition) is 6. The third-order valence-corrected chi connectivity index (χ3v) is 19.4. The molecule has 9 heteroatoms. The monoisotopic (exact) mass is 1280 g/mol. The first-order valence-electron chi connectivity index (χ1n) is 40.4. The highest BCUT2D eigenvalue weighted by Crippen LogP contribution is 2.24. The Morgan fingerprint density at radius 2 is 0.648 bits per heavy atom. The molecule has 0 radical (unpaired) electrons. The minimum absolute atomic E-state index is 0.168. The summed E-state index contributed by atoms with van der Waals surface area (Å²) in [5.41, 5.74) is 0. The van der Waals surface area contributed by atoms with Crippen LogP contribution in [-0.2, 0) is 14.3 Å². The van der Waals surface area contributed by atoms with Gasteiger partial charge in [0.1, 0.15) is 24.4 Å². The van der Waals surface area contributed by atoms with Gasteiger partial charge in [0, 0.05) is 6.42 Å². The average molecular weight is 1280 g/mol. The maximum absolute atomic E-state index is 13.2. The molecule has 7 unspecified atom stereocenters. The van der Waals surface area contributed by atoms with Gasteiger partial charge in [0.2, 0.25) is 5.91 Å². The second-order valence-electron chi connectivity index (χ2n) is 28.2. The number of hydrogen-bond acceptors (Lipinski definition) is 8. The molecule has 1 heterocycles. The molecule has 1 saturated heterocycles. The summed E-state index contributed by atoms with van der Waals surface area (Å²) >= 11 is 0. The zero-order valence-electron chi connectivity index (χ0n) is 60.4. The molecule has 9 nitrogen and oxygen atoms in total. The SMILES string of the molecule is CCCCCCC/C=C\C/C=C\C/C=C\CCCCCCCCCCCCCCCCCCCCCCCCCCCCC(=O)NC(COC1OC(CO)C(O)C(O)C1O)C(O)/C=C/CCCCCCCCCCCCCCCCCCCCCCCCCCC. The molecule has 7 atom stereocenters. The Kier molecular flexibility index (Phi) is 67.9. The molecule has 6 N–H and O–H groups in total. The Morgan fingerprint density at radius 3 is 0.956 bits per heavy atom. The summed E-state index contributed by atoms with van der Waals surface area (Å²) in [6.45, 7) is 3.83. The minimum atomic E-state index is -1.57. The van der Waals surface area contributed by atoms with Crippen molar-refractivity contribution in [2.24, 2.45) is 0 Å². The number of amides is 1. The normalized spacial score (nSPS) is 17.9. The molecule has 0 bridgehead atoms. The minimum Gasteiger partial charge on any atom is -0.394 e. The Balaban J connectivity index is 2.04. The van der Waals surface area contributed by atoms with E-state index in [9.17, 15) is 30.3 Å². The smallest absolute Gasteiger partial charge is 0.220 e. The van der Waals surface area contributed by atoms with Crippen LogP contribution in [0.1, 0.15) is 412 Å². The van der Waals surface area contributed by atoms with Crippen LogP contribution >= 0.6 is 0 Å². The van der Waals surface area contributed by atoms with E-state index >= 15 is 0 Å². The van der Waals surface area contributed by atoms with E-state index in [1.165, 1.54) is 340 Å². The fourth-order valence-electron chi connectivity index (χ4n) is 13.1. The molecule has 0 spiro atoms. The van der Waals surface area contributed by atoms with Crippen molar-refractivity contribution >= 4 is 5.91 Å². The lowest BCUT2D eigenvalue weighted by Crippen LogP contribution is -2.60. The first-order valence-corrected chi connectivity index (χ1v) is 40.4. The summed E-state index contributed by atoms with van der Waals surface area (Å²) in [6.07, 6.45) is 91.2. The molecule has 0 aromatic heterocycles. The molecule has 1 aliphatic heterocycles. The third-order valence-electron chi connectivity index (χ3n) is 19.4. The van der Waals surface area contributed by atoms with E-state index in [2.05, 4.69) is 55.6 Å². The van der Waals surface area contributed by atoms with Crippen LogP contribution in [0.4, 0.5) is 0 Å². The van der Waals surface area contributed by atoms with Gasteiger partial charge in [0.25, 0.3) is 0 Å². The summed E-state index contributed by atoms with van der Waals surface area (Å²) in [5, 5.41) is 54.9. The van der Waals surface area contributed by atoms with Crippen LogP contribution < -0.4 is 5.32 Å². The molecule has 536 valence electrons. The molecule has 1 fully saturated rings. The molecule has 91 heavy (non-hydrogen) atoms. The van der Waals surface area contributed by atoms with Gasteiger partial charge in [-0.15, -0.1) is 0 Å². The number of allylic oxidation sites excluding steroid dienone is 7. The van der Waals surface area contributed by atoms with Crippen molar-refractivity contribution < 1.29 is 39.8 Å². The van der Waals surface area contributed by atoms with E-state index in [-0.39, 0.29) is 12.5 Å². The Morgan fingerprint density at radius 1 is 0.374 bits per heavy atom. The van der Waals surface area contributed by atoms with E-state index in [1.807, 2.05) is 6.08 Å². The Labute approximate surface area is 564 Å². The maximum atomic E-state index is 13.2. The summed E-state index contributed by atoms with van der Waals surface area (Å²) in [4.78, 5) is 13.2. The van der Waals surface area contributed by atoms with Crippen molar-refractivity contribution in [3.63, 3.8) is 0 Å². The number of unbranched alkanes of at least 4 members (excludes halogenated alkanes) is 56. The van der Waals surface area contributed by atoms with Gasteiger partial charge in [0.05, 0.1) is 25.4 Å². The second-order valence-corrected chi connectivity index (χ2v) is 28.2. The summed E-state index contributed by atoms with van der Waals surface area (Å²) in [6, 6.07) is -0.805. The van der Waals surface area contributed by atoms with Gasteiger partial charge in [0.15, 0.2) is 6.29 Å². The standard InChI is InChI=1S/C82H155NO8/c1-3-5-7-9-11-13-15-17-19-21-23-25-27-29-31-32-33-34-35-36-37-38-39-40-41-42-43-44-46-48-50-52-54-56-58-60-62-64-66-68-70-72-78(86)83-75(74-90-82-81(89)80(88)79(87)77(73-84)91-82)76(85)71-69-67-65-63-61-59-57-55-53-51-49-47-45-30-28-26-24-22-20-18-16-14-12-10-8-6-4-2/h15,17,21,23,27,29,69,71,75-77,79-82,84-85,87-89H,3-14,16,18-20,22,24-26,28,30-68,70,72-74H2,1-2H3,(H,83,86)/b17-15-,23-21-,29-27-,71-69+. The largest absolute Gasteiger partial charge is 0.394 e. The van der Waals surface area contributed by atoms with Crippen LogP contribution in [0.2, 0.25) is 0 Å². The number of aliphatic hydroxyl groups excluding tert-OH is 5. The number of rotatable bonds is 72. The highest BCUT2D eigenvalue weighted by molar-refractivity contribution is 5.76. The number of ether oxygens (including phenoxy) is 2. The summed E-state index contributed by atoms with van der Waals surface area (Å²) in [7, 11) is 0. The zero-order valence-corrected chi connectivity index (χ0v) is 60.4. The quantitative estimate of drug-likeness (QED) is 0.0261. The molecule has 0 saturated carbocycles. The molecule has 0 aromatic carbocycles. The summed E-state index contributed by atoms with van der Waals surface area (Å²) in [5.74, 6) is -0.168. The topological polar surface area (TPSA) is 149 Å². The fourth-order valence-corrected chi connectivity index (χ4v) is 13.1. The van der Waals surface area contributed by atoms with Crippen molar-refractivity contribution in [1.82, 2.24) is 5.32 Å². The summed E-state index contributed by atoms with van der Waals surface area (Å²) < 4.78 is 11.3. The molecule has 0 aromatic rings. The van der Waals surface area contributed by atoms with Crippen LogP contribution in [0.25, 0.3) is 0 Å². The molecule has 0 aliphatic carbocycles. The van der Waals surface area contributed by atoms with Crippen LogP contribution in [0.3, 0.4) is 0 Å². The van der Waals surface area contributed by atoms with Crippen molar-refractivity contribution in [2.45, 2.75) is 455 Å². The van der Waals surface area contributed by atoms with Gasteiger partial charge in [-0.2, -0.15) is 0 Å². The molecule has 1 rings (SSSR count). The highest BCUT2D eigenvalue weighted by atomic mass is 16.7. The van der Waals surface area contributed by atoms with Crippen LogP contribution in [0, 0.1) is 0 Å². The third kappa shape index (κ3) is 59.2. The first kappa shape index (κ1) is 87.2. The number of carbonyl (C=O) groups excluding carboxylic acids is 1. The van der Waals surface area contributed by atoms with Gasteiger partial charge in [-0.3, -0.25) is 4.79 Å². The predicted molar refractivity (Wildman–Crippen MR) is 392 cm³/mol. The van der Waals surface area contributed by atoms with Gasteiger partial charge in [-0.05, 0) is 57.8 Å². The number of carbonyl (C=O) groups is 1.